The van der Waals surface area contributed by atoms with E-state index in [1.54, 1.807) is 78.3 Å². The van der Waals surface area contributed by atoms with Gasteiger partial charge in [-0.3, -0.25) is 14.5 Å². The second-order valence-electron chi connectivity index (χ2n) is 10.5. The molecular weight excluding hydrogens is 508 g/mol. The standard InChI is InChI=1S/C31H38N4O5/c1-6-40-31(38)27-19-34(33-28(27)35(20(2)3)30(37)22-12-10-21(4)11-13-22)25-16-14-24(15-17-25)32-29(36)23-8-7-9-26(18-23)39-5/h7-9,14-22H,6,10-13H2,1-5H3,(H,32,36). The summed E-state index contributed by atoms with van der Waals surface area (Å²) in [5.74, 6) is 0.630. The van der Waals surface area contributed by atoms with E-state index >= 15 is 0 Å². The molecule has 0 radical (unpaired) electrons. The van der Waals surface area contributed by atoms with Crippen molar-refractivity contribution in [3.05, 3.63) is 65.9 Å². The first-order valence-corrected chi connectivity index (χ1v) is 13.9. The maximum Gasteiger partial charge on any atom is 0.343 e. The molecule has 1 fully saturated rings. The van der Waals surface area contributed by atoms with Crippen molar-refractivity contribution in [2.24, 2.45) is 11.8 Å². The molecule has 0 unspecified atom stereocenters. The lowest BCUT2D eigenvalue weighted by atomic mass is 9.82. The Morgan fingerprint density at radius 1 is 1.07 bits per heavy atom. The quantitative estimate of drug-likeness (QED) is 0.336. The number of methoxy groups -OCH3 is 1. The van der Waals surface area contributed by atoms with E-state index in [9.17, 15) is 14.4 Å². The monoisotopic (exact) mass is 546 g/mol. The van der Waals surface area contributed by atoms with Crippen LogP contribution in [-0.2, 0) is 9.53 Å². The van der Waals surface area contributed by atoms with Gasteiger partial charge in [-0.05, 0) is 94.8 Å². The lowest BCUT2D eigenvalue weighted by Gasteiger charge is -2.32. The number of ether oxygens (including phenoxy) is 2. The molecule has 1 aromatic heterocycles. The number of anilines is 2. The predicted molar refractivity (Wildman–Crippen MR) is 154 cm³/mol. The minimum atomic E-state index is -0.526. The van der Waals surface area contributed by atoms with Crippen LogP contribution >= 0.6 is 0 Å². The average molecular weight is 547 g/mol. The molecule has 1 heterocycles. The third kappa shape index (κ3) is 6.52. The van der Waals surface area contributed by atoms with Crippen LogP contribution in [0.1, 0.15) is 74.1 Å². The molecule has 3 aromatic rings. The zero-order chi connectivity index (χ0) is 28.8. The molecule has 0 spiro atoms. The number of aromatic nitrogens is 2. The van der Waals surface area contributed by atoms with Crippen LogP contribution < -0.4 is 15.0 Å². The highest BCUT2D eigenvalue weighted by atomic mass is 16.5. The Kier molecular flexibility index (Phi) is 9.24. The second kappa shape index (κ2) is 12.8. The van der Waals surface area contributed by atoms with E-state index in [-0.39, 0.29) is 35.9 Å². The van der Waals surface area contributed by atoms with Crippen LogP contribution in [0.3, 0.4) is 0 Å². The van der Waals surface area contributed by atoms with E-state index in [1.807, 2.05) is 13.8 Å². The van der Waals surface area contributed by atoms with Gasteiger partial charge in [0.2, 0.25) is 5.91 Å². The van der Waals surface area contributed by atoms with Crippen molar-refractivity contribution in [1.82, 2.24) is 9.78 Å². The second-order valence-corrected chi connectivity index (χ2v) is 10.5. The average Bonchev–Trinajstić information content (AvgIpc) is 3.38. The number of esters is 1. The summed E-state index contributed by atoms with van der Waals surface area (Å²) in [7, 11) is 1.55. The van der Waals surface area contributed by atoms with Crippen LogP contribution in [0.25, 0.3) is 5.69 Å². The molecule has 0 saturated heterocycles. The number of carbonyl (C=O) groups excluding carboxylic acids is 3. The normalized spacial score (nSPS) is 16.9. The van der Waals surface area contributed by atoms with Crippen LogP contribution in [0.4, 0.5) is 11.5 Å². The van der Waals surface area contributed by atoms with Gasteiger partial charge in [0, 0.05) is 29.4 Å². The van der Waals surface area contributed by atoms with Gasteiger partial charge in [-0.1, -0.05) is 13.0 Å². The SMILES string of the molecule is CCOC(=O)c1cn(-c2ccc(NC(=O)c3cccc(OC)c3)cc2)nc1N(C(=O)C1CCC(C)CC1)C(C)C. The van der Waals surface area contributed by atoms with E-state index < -0.39 is 5.97 Å². The van der Waals surface area contributed by atoms with Gasteiger partial charge in [0.25, 0.3) is 5.91 Å². The number of carbonyl (C=O) groups is 3. The van der Waals surface area contributed by atoms with Gasteiger partial charge >= 0.3 is 5.97 Å². The molecule has 212 valence electrons. The van der Waals surface area contributed by atoms with Crippen molar-refractivity contribution in [2.75, 3.05) is 23.9 Å². The Morgan fingerprint density at radius 3 is 2.40 bits per heavy atom. The molecule has 4 rings (SSSR count). The lowest BCUT2D eigenvalue weighted by Crippen LogP contribution is -2.43. The molecule has 0 bridgehead atoms. The number of nitrogens with one attached hydrogen (secondary N) is 1. The first kappa shape index (κ1) is 28.9. The van der Waals surface area contributed by atoms with Crippen molar-refractivity contribution in [2.45, 2.75) is 59.4 Å². The number of nitrogens with zero attached hydrogens (tertiary/aromatic N) is 3. The maximum atomic E-state index is 13.7. The van der Waals surface area contributed by atoms with Gasteiger partial charge in [0.15, 0.2) is 5.82 Å². The fourth-order valence-electron chi connectivity index (χ4n) is 5.00. The summed E-state index contributed by atoms with van der Waals surface area (Å²) in [6, 6.07) is 13.8. The number of amides is 2. The van der Waals surface area contributed by atoms with Crippen LogP contribution in [0, 0.1) is 11.8 Å². The molecule has 1 aliphatic carbocycles. The molecule has 2 amide bonds. The van der Waals surface area contributed by atoms with Crippen LogP contribution in [0.5, 0.6) is 5.75 Å². The van der Waals surface area contributed by atoms with E-state index in [2.05, 4.69) is 12.2 Å². The highest BCUT2D eigenvalue weighted by Crippen LogP contribution is 2.33. The molecule has 40 heavy (non-hydrogen) atoms. The number of hydrogen-bond donors (Lipinski definition) is 1. The molecule has 9 nitrogen and oxygen atoms in total. The molecule has 9 heteroatoms. The third-order valence-electron chi connectivity index (χ3n) is 7.26. The minimum absolute atomic E-state index is 0.00620. The zero-order valence-corrected chi connectivity index (χ0v) is 23.8. The number of hydrogen-bond acceptors (Lipinski definition) is 6. The Labute approximate surface area is 235 Å². The molecule has 1 saturated carbocycles. The van der Waals surface area contributed by atoms with Crippen molar-refractivity contribution in [1.29, 1.82) is 0 Å². The topological polar surface area (TPSA) is 103 Å². The maximum absolute atomic E-state index is 13.7. The summed E-state index contributed by atoms with van der Waals surface area (Å²) in [4.78, 5) is 41.0. The first-order valence-electron chi connectivity index (χ1n) is 13.9. The van der Waals surface area contributed by atoms with Crippen molar-refractivity contribution >= 4 is 29.3 Å². The predicted octanol–water partition coefficient (Wildman–Crippen LogP) is 5.88. The highest BCUT2D eigenvalue weighted by Gasteiger charge is 2.34. The van der Waals surface area contributed by atoms with Gasteiger partial charge in [-0.25, -0.2) is 9.48 Å². The largest absolute Gasteiger partial charge is 0.497 e. The first-order chi connectivity index (χ1) is 19.2. The third-order valence-corrected chi connectivity index (χ3v) is 7.26. The summed E-state index contributed by atoms with van der Waals surface area (Å²) in [5.41, 5.74) is 1.98. The molecule has 1 aliphatic rings. The van der Waals surface area contributed by atoms with Gasteiger partial charge in [-0.15, -0.1) is 5.10 Å². The van der Waals surface area contributed by atoms with Gasteiger partial charge < -0.3 is 14.8 Å². The van der Waals surface area contributed by atoms with E-state index in [0.29, 0.717) is 34.4 Å². The van der Waals surface area contributed by atoms with E-state index in [0.717, 1.165) is 25.7 Å². The van der Waals surface area contributed by atoms with Crippen LogP contribution in [0.2, 0.25) is 0 Å². The molecule has 2 aromatic carbocycles. The Balaban J connectivity index is 1.60. The van der Waals surface area contributed by atoms with Gasteiger partial charge in [0.1, 0.15) is 11.3 Å². The minimum Gasteiger partial charge on any atom is -0.497 e. The summed E-state index contributed by atoms with van der Waals surface area (Å²) >= 11 is 0. The van der Waals surface area contributed by atoms with Gasteiger partial charge in [-0.2, -0.15) is 0 Å². The highest BCUT2D eigenvalue weighted by molar-refractivity contribution is 6.04. The lowest BCUT2D eigenvalue weighted by molar-refractivity contribution is -0.124. The number of benzene rings is 2. The van der Waals surface area contributed by atoms with E-state index in [4.69, 9.17) is 14.6 Å². The molecule has 0 aliphatic heterocycles. The number of rotatable bonds is 9. The summed E-state index contributed by atoms with van der Waals surface area (Å²) in [5, 5.41) is 7.59. The van der Waals surface area contributed by atoms with Crippen LogP contribution in [-0.4, -0.2) is 47.3 Å². The molecule has 1 N–H and O–H groups in total. The molecular formula is C31H38N4O5. The summed E-state index contributed by atoms with van der Waals surface area (Å²) < 4.78 is 12.1. The summed E-state index contributed by atoms with van der Waals surface area (Å²) in [6.45, 7) is 8.03. The van der Waals surface area contributed by atoms with E-state index in [1.165, 1.54) is 0 Å². The molecule has 0 atom stereocenters. The van der Waals surface area contributed by atoms with Crippen molar-refractivity contribution < 1.29 is 23.9 Å². The smallest absolute Gasteiger partial charge is 0.343 e. The zero-order valence-electron chi connectivity index (χ0n) is 23.8. The van der Waals surface area contributed by atoms with Crippen molar-refractivity contribution in [3.63, 3.8) is 0 Å². The fourth-order valence-corrected chi connectivity index (χ4v) is 5.00. The fraction of sp³-hybridized carbons (Fsp3) is 0.419. The van der Waals surface area contributed by atoms with Crippen molar-refractivity contribution in [3.8, 4) is 11.4 Å². The Bertz CT molecular complexity index is 1340. The van der Waals surface area contributed by atoms with Crippen LogP contribution in [0.15, 0.2) is 54.7 Å². The Hall–Kier alpha value is -4.14. The van der Waals surface area contributed by atoms with Gasteiger partial charge in [0.05, 0.1) is 19.4 Å². The summed E-state index contributed by atoms with van der Waals surface area (Å²) in [6.07, 6.45) is 5.30. The Morgan fingerprint density at radius 2 is 1.77 bits per heavy atom.